The van der Waals surface area contributed by atoms with E-state index in [1.807, 2.05) is 0 Å². The van der Waals surface area contributed by atoms with Crippen LogP contribution >= 0.6 is 0 Å². The van der Waals surface area contributed by atoms with E-state index < -0.39 is 0 Å². The second kappa shape index (κ2) is 11.7. The number of hydrogen-bond acceptors (Lipinski definition) is 1. The number of fused-ring (bicyclic) bond motifs is 7. The molecule has 0 spiro atoms. The molecule has 0 fully saturated rings. The van der Waals surface area contributed by atoms with Gasteiger partial charge in [-0.3, -0.25) is 0 Å². The van der Waals surface area contributed by atoms with E-state index in [0.717, 1.165) is 11.4 Å². The van der Waals surface area contributed by atoms with Crippen molar-refractivity contribution < 1.29 is 0 Å². The number of para-hydroxylation sites is 1. The molecular formula is C52H41N. The molecule has 1 N–H and O–H groups in total. The number of anilines is 2. The fourth-order valence-corrected chi connectivity index (χ4v) is 9.35. The number of nitrogens with one attached hydrogen (secondary N) is 1. The molecule has 2 aliphatic carbocycles. The van der Waals surface area contributed by atoms with Crippen LogP contribution in [0.3, 0.4) is 0 Å². The van der Waals surface area contributed by atoms with E-state index in [1.54, 1.807) is 0 Å². The molecule has 0 atom stereocenters. The minimum absolute atomic E-state index is 0.0292. The molecule has 0 aliphatic heterocycles. The van der Waals surface area contributed by atoms with Crippen LogP contribution in [0.2, 0.25) is 0 Å². The monoisotopic (exact) mass is 679 g/mol. The van der Waals surface area contributed by atoms with E-state index in [0.29, 0.717) is 0 Å². The van der Waals surface area contributed by atoms with E-state index in [4.69, 9.17) is 0 Å². The first-order valence-corrected chi connectivity index (χ1v) is 18.8. The summed E-state index contributed by atoms with van der Waals surface area (Å²) in [7, 11) is 0. The van der Waals surface area contributed by atoms with E-state index in [1.165, 1.54) is 88.7 Å². The Labute approximate surface area is 312 Å². The zero-order valence-electron chi connectivity index (χ0n) is 30.7. The van der Waals surface area contributed by atoms with Crippen LogP contribution in [0.1, 0.15) is 49.9 Å². The molecule has 1 heteroatoms. The normalized spacial score (nSPS) is 14.3. The van der Waals surface area contributed by atoms with Crippen molar-refractivity contribution in [3.63, 3.8) is 0 Å². The van der Waals surface area contributed by atoms with Gasteiger partial charge in [-0.25, -0.2) is 0 Å². The van der Waals surface area contributed by atoms with Gasteiger partial charge in [0.25, 0.3) is 0 Å². The number of hydrogen-bond donors (Lipinski definition) is 1. The van der Waals surface area contributed by atoms with Gasteiger partial charge in [0.2, 0.25) is 0 Å². The third-order valence-corrected chi connectivity index (χ3v) is 12.1. The molecule has 0 amide bonds. The zero-order valence-corrected chi connectivity index (χ0v) is 30.7. The van der Waals surface area contributed by atoms with Gasteiger partial charge in [-0.1, -0.05) is 167 Å². The maximum atomic E-state index is 3.81. The predicted octanol–water partition coefficient (Wildman–Crippen LogP) is 14.2. The Balaban J connectivity index is 1.09. The minimum atomic E-state index is -0.228. The van der Waals surface area contributed by atoms with Crippen LogP contribution in [0.5, 0.6) is 0 Å². The summed E-state index contributed by atoms with van der Waals surface area (Å²) in [5.41, 5.74) is 20.3. The maximum absolute atomic E-state index is 3.81. The highest BCUT2D eigenvalue weighted by Crippen LogP contribution is 2.55. The first-order valence-electron chi connectivity index (χ1n) is 18.8. The summed E-state index contributed by atoms with van der Waals surface area (Å²) >= 11 is 0. The van der Waals surface area contributed by atoms with Gasteiger partial charge in [0.15, 0.2) is 0 Å². The lowest BCUT2D eigenvalue weighted by atomic mass is 9.77. The third kappa shape index (κ3) is 4.84. The zero-order chi connectivity index (χ0) is 35.9. The Morgan fingerprint density at radius 1 is 0.377 bits per heavy atom. The van der Waals surface area contributed by atoms with Crippen LogP contribution in [0, 0.1) is 0 Å². The van der Waals surface area contributed by atoms with Gasteiger partial charge in [-0.05, 0) is 113 Å². The molecule has 8 aromatic rings. The first kappa shape index (κ1) is 31.5. The molecule has 0 aromatic heterocycles. The van der Waals surface area contributed by atoms with E-state index >= 15 is 0 Å². The van der Waals surface area contributed by atoms with E-state index in [-0.39, 0.29) is 10.8 Å². The SMILES string of the molecule is CC1(C)c2ccccc2-c2ccc(-c3ccc(-c4c(Nc5ccccc5)ccc5c4C(C)(C)c4cc(-c6cccc7ccccc67)ccc4-5)cc3)cc21. The van der Waals surface area contributed by atoms with Gasteiger partial charge in [0, 0.05) is 27.8 Å². The summed E-state index contributed by atoms with van der Waals surface area (Å²) in [5.74, 6) is 0. The molecule has 53 heavy (non-hydrogen) atoms. The highest BCUT2D eigenvalue weighted by molar-refractivity contribution is 5.99. The summed E-state index contributed by atoms with van der Waals surface area (Å²) < 4.78 is 0. The minimum Gasteiger partial charge on any atom is -0.355 e. The average Bonchev–Trinajstić information content (AvgIpc) is 3.57. The Morgan fingerprint density at radius 2 is 0.943 bits per heavy atom. The van der Waals surface area contributed by atoms with Crippen LogP contribution in [0.25, 0.3) is 66.4 Å². The van der Waals surface area contributed by atoms with Crippen molar-refractivity contribution in [3.8, 4) is 55.6 Å². The van der Waals surface area contributed by atoms with Crippen molar-refractivity contribution >= 4 is 22.1 Å². The van der Waals surface area contributed by atoms with Gasteiger partial charge in [-0.15, -0.1) is 0 Å². The predicted molar refractivity (Wildman–Crippen MR) is 225 cm³/mol. The van der Waals surface area contributed by atoms with Crippen molar-refractivity contribution in [1.82, 2.24) is 0 Å². The van der Waals surface area contributed by atoms with E-state index in [9.17, 15) is 0 Å². The molecule has 0 saturated heterocycles. The quantitative estimate of drug-likeness (QED) is 0.191. The molecule has 2 aliphatic rings. The third-order valence-electron chi connectivity index (χ3n) is 12.1. The maximum Gasteiger partial charge on any atom is 0.0467 e. The Hall–Kier alpha value is -6.18. The Bertz CT molecular complexity index is 2720. The molecule has 10 rings (SSSR count). The second-order valence-electron chi connectivity index (χ2n) is 15.8. The summed E-state index contributed by atoms with van der Waals surface area (Å²) in [5, 5.41) is 6.37. The lowest BCUT2D eigenvalue weighted by molar-refractivity contribution is 0.660. The number of rotatable bonds is 5. The van der Waals surface area contributed by atoms with Gasteiger partial charge in [0.1, 0.15) is 0 Å². The van der Waals surface area contributed by atoms with Crippen LogP contribution in [0.15, 0.2) is 170 Å². The molecule has 0 unspecified atom stereocenters. The lowest BCUT2D eigenvalue weighted by Crippen LogP contribution is -2.17. The lowest BCUT2D eigenvalue weighted by Gasteiger charge is -2.27. The summed E-state index contributed by atoms with van der Waals surface area (Å²) in [6.45, 7) is 9.51. The Morgan fingerprint density at radius 3 is 1.77 bits per heavy atom. The molecule has 254 valence electrons. The van der Waals surface area contributed by atoms with Crippen molar-refractivity contribution in [2.75, 3.05) is 5.32 Å². The van der Waals surface area contributed by atoms with Gasteiger partial charge in [0.05, 0.1) is 0 Å². The van der Waals surface area contributed by atoms with Crippen LogP contribution in [-0.2, 0) is 10.8 Å². The highest BCUT2D eigenvalue weighted by atomic mass is 14.9. The van der Waals surface area contributed by atoms with Crippen molar-refractivity contribution in [2.45, 2.75) is 38.5 Å². The summed E-state index contributed by atoms with van der Waals surface area (Å²) in [4.78, 5) is 0. The van der Waals surface area contributed by atoms with E-state index in [2.05, 4.69) is 203 Å². The van der Waals surface area contributed by atoms with Gasteiger partial charge in [-0.2, -0.15) is 0 Å². The van der Waals surface area contributed by atoms with Crippen molar-refractivity contribution in [2.24, 2.45) is 0 Å². The molecule has 8 aromatic carbocycles. The smallest absolute Gasteiger partial charge is 0.0467 e. The fraction of sp³-hybridized carbons (Fsp3) is 0.115. The van der Waals surface area contributed by atoms with Crippen molar-refractivity contribution in [1.29, 1.82) is 0 Å². The standard InChI is InChI=1S/C52H41N/c1-51(2)45-20-11-10-18-41(45)42-27-25-36(31-46(42)51)33-21-23-35(24-22-33)49-48(53-38-15-6-5-7-16-38)30-29-44-43-28-26-37(32-47(43)52(3,4)50(44)49)40-19-12-14-34-13-8-9-17-39(34)40/h5-32,53H,1-4H3. The van der Waals surface area contributed by atoms with Gasteiger partial charge >= 0.3 is 0 Å². The molecule has 1 nitrogen and oxygen atoms in total. The first-order chi connectivity index (χ1) is 25.8. The van der Waals surface area contributed by atoms with Crippen LogP contribution in [0.4, 0.5) is 11.4 Å². The van der Waals surface area contributed by atoms with Gasteiger partial charge < -0.3 is 5.32 Å². The fourth-order valence-electron chi connectivity index (χ4n) is 9.35. The average molecular weight is 680 g/mol. The van der Waals surface area contributed by atoms with Crippen LogP contribution in [-0.4, -0.2) is 0 Å². The topological polar surface area (TPSA) is 12.0 Å². The second-order valence-corrected chi connectivity index (χ2v) is 15.8. The number of benzene rings is 8. The highest BCUT2D eigenvalue weighted by Gasteiger charge is 2.39. The molecule has 0 bridgehead atoms. The molecule has 0 radical (unpaired) electrons. The summed E-state index contributed by atoms with van der Waals surface area (Å²) in [6.07, 6.45) is 0. The summed E-state index contributed by atoms with van der Waals surface area (Å²) in [6, 6.07) is 62.8. The molecule has 0 heterocycles. The van der Waals surface area contributed by atoms with Crippen LogP contribution < -0.4 is 5.32 Å². The van der Waals surface area contributed by atoms with Crippen molar-refractivity contribution in [3.05, 3.63) is 192 Å². The molecule has 0 saturated carbocycles. The Kier molecular flexibility index (Phi) is 6.94. The largest absolute Gasteiger partial charge is 0.355 e. The molecular weight excluding hydrogens is 639 g/mol.